The van der Waals surface area contributed by atoms with Crippen molar-refractivity contribution in [2.45, 2.75) is 26.2 Å². The molecule has 158 valence electrons. The van der Waals surface area contributed by atoms with E-state index in [1.165, 1.54) is 9.13 Å². The monoisotopic (exact) mass is 408 g/mol. The van der Waals surface area contributed by atoms with Crippen molar-refractivity contribution in [2.75, 3.05) is 24.3 Å². The molecule has 1 N–H and O–H groups in total. The lowest BCUT2D eigenvalue weighted by Gasteiger charge is -2.21. The summed E-state index contributed by atoms with van der Waals surface area (Å²) in [5.41, 5.74) is 2.96. The van der Waals surface area contributed by atoms with Crippen molar-refractivity contribution in [3.8, 4) is 0 Å². The van der Waals surface area contributed by atoms with Gasteiger partial charge in [-0.25, -0.2) is 0 Å². The van der Waals surface area contributed by atoms with E-state index in [-0.39, 0.29) is 11.3 Å². The SMILES string of the molecule is CN(C)c1cc2c(cc1NC(=O)c1ccc(C(C)(C)C)cc1)n(C)c(=O)c(=O)n2C. The predicted molar refractivity (Wildman–Crippen MR) is 122 cm³/mol. The van der Waals surface area contributed by atoms with Gasteiger partial charge in [0.1, 0.15) is 0 Å². The smallest absolute Gasteiger partial charge is 0.316 e. The summed E-state index contributed by atoms with van der Waals surface area (Å²) in [5.74, 6) is -0.243. The van der Waals surface area contributed by atoms with E-state index in [1.807, 2.05) is 43.3 Å². The van der Waals surface area contributed by atoms with E-state index in [0.717, 1.165) is 11.3 Å². The second kappa shape index (κ2) is 7.48. The van der Waals surface area contributed by atoms with Gasteiger partial charge in [-0.05, 0) is 35.2 Å². The van der Waals surface area contributed by atoms with Crippen LogP contribution in [0, 0.1) is 0 Å². The maximum absolute atomic E-state index is 12.9. The van der Waals surface area contributed by atoms with E-state index < -0.39 is 11.1 Å². The summed E-state index contributed by atoms with van der Waals surface area (Å²) >= 11 is 0. The molecule has 3 aromatic rings. The van der Waals surface area contributed by atoms with Gasteiger partial charge in [0.25, 0.3) is 5.91 Å². The van der Waals surface area contributed by atoms with Crippen LogP contribution in [0.5, 0.6) is 0 Å². The van der Waals surface area contributed by atoms with Gasteiger partial charge in [0.15, 0.2) is 0 Å². The first-order valence-corrected chi connectivity index (χ1v) is 9.75. The van der Waals surface area contributed by atoms with Crippen molar-refractivity contribution in [1.29, 1.82) is 0 Å². The number of hydrogen-bond acceptors (Lipinski definition) is 4. The third-order valence-corrected chi connectivity index (χ3v) is 5.35. The molecule has 0 atom stereocenters. The molecule has 1 heterocycles. The Labute approximate surface area is 175 Å². The lowest BCUT2D eigenvalue weighted by Crippen LogP contribution is -2.39. The number of carbonyl (C=O) groups excluding carboxylic acids is 1. The topological polar surface area (TPSA) is 76.3 Å². The zero-order chi connectivity index (χ0) is 22.4. The van der Waals surface area contributed by atoms with Crippen LogP contribution in [0.2, 0.25) is 0 Å². The number of hydrogen-bond donors (Lipinski definition) is 1. The Kier molecular flexibility index (Phi) is 5.33. The van der Waals surface area contributed by atoms with Crippen molar-refractivity contribution in [1.82, 2.24) is 9.13 Å². The summed E-state index contributed by atoms with van der Waals surface area (Å²) in [6, 6.07) is 11.1. The summed E-state index contributed by atoms with van der Waals surface area (Å²) in [6.45, 7) is 6.37. The number of anilines is 2. The van der Waals surface area contributed by atoms with Crippen LogP contribution in [0.1, 0.15) is 36.7 Å². The fraction of sp³-hybridized carbons (Fsp3) is 0.348. The van der Waals surface area contributed by atoms with Crippen LogP contribution in [0.15, 0.2) is 46.0 Å². The van der Waals surface area contributed by atoms with Gasteiger partial charge in [0.2, 0.25) is 0 Å². The number of benzene rings is 2. The molecule has 0 saturated carbocycles. The zero-order valence-corrected chi connectivity index (χ0v) is 18.5. The highest BCUT2D eigenvalue weighted by molar-refractivity contribution is 6.07. The van der Waals surface area contributed by atoms with Gasteiger partial charge < -0.3 is 19.4 Å². The minimum atomic E-state index is -0.613. The summed E-state index contributed by atoms with van der Waals surface area (Å²) < 4.78 is 2.65. The first kappa shape index (κ1) is 21.4. The van der Waals surface area contributed by atoms with Crippen LogP contribution >= 0.6 is 0 Å². The number of rotatable bonds is 3. The maximum atomic E-state index is 12.9. The molecule has 3 rings (SSSR count). The average Bonchev–Trinajstić information content (AvgIpc) is 2.69. The van der Waals surface area contributed by atoms with Gasteiger partial charge in [0, 0.05) is 33.8 Å². The summed E-state index contributed by atoms with van der Waals surface area (Å²) in [6.07, 6.45) is 0. The predicted octanol–water partition coefficient (Wildman–Crippen LogP) is 2.85. The second-order valence-electron chi connectivity index (χ2n) is 8.76. The van der Waals surface area contributed by atoms with Crippen molar-refractivity contribution < 1.29 is 4.79 Å². The normalized spacial score (nSPS) is 11.6. The molecule has 1 amide bonds. The highest BCUT2D eigenvalue weighted by Crippen LogP contribution is 2.30. The molecule has 1 aromatic heterocycles. The van der Waals surface area contributed by atoms with Gasteiger partial charge in [-0.15, -0.1) is 0 Å². The Bertz CT molecular complexity index is 1240. The van der Waals surface area contributed by atoms with Crippen LogP contribution in [-0.2, 0) is 19.5 Å². The first-order valence-electron chi connectivity index (χ1n) is 9.75. The van der Waals surface area contributed by atoms with Gasteiger partial charge >= 0.3 is 11.1 Å². The third kappa shape index (κ3) is 3.75. The van der Waals surface area contributed by atoms with Crippen LogP contribution in [-0.4, -0.2) is 29.1 Å². The summed E-state index contributed by atoms with van der Waals surface area (Å²) in [7, 11) is 6.84. The molecule has 2 aromatic carbocycles. The molecule has 7 heteroatoms. The molecule has 0 bridgehead atoms. The Morgan fingerprint density at radius 2 is 1.40 bits per heavy atom. The van der Waals surface area contributed by atoms with Gasteiger partial charge in [-0.2, -0.15) is 0 Å². The molecule has 0 aliphatic carbocycles. The number of nitrogens with one attached hydrogen (secondary N) is 1. The van der Waals surface area contributed by atoms with Crippen molar-refractivity contribution >= 4 is 28.3 Å². The van der Waals surface area contributed by atoms with E-state index in [0.29, 0.717) is 22.3 Å². The van der Waals surface area contributed by atoms with Crippen molar-refractivity contribution in [3.05, 3.63) is 68.2 Å². The van der Waals surface area contributed by atoms with Crippen LogP contribution in [0.25, 0.3) is 11.0 Å². The molecule has 30 heavy (non-hydrogen) atoms. The van der Waals surface area contributed by atoms with E-state index in [1.54, 1.807) is 26.2 Å². The van der Waals surface area contributed by atoms with E-state index in [2.05, 4.69) is 26.1 Å². The van der Waals surface area contributed by atoms with Gasteiger partial charge in [0.05, 0.1) is 22.4 Å². The van der Waals surface area contributed by atoms with Crippen molar-refractivity contribution in [3.63, 3.8) is 0 Å². The average molecular weight is 409 g/mol. The number of aryl methyl sites for hydroxylation is 2. The van der Waals surface area contributed by atoms with Crippen LogP contribution in [0.3, 0.4) is 0 Å². The molecule has 0 aliphatic rings. The lowest BCUT2D eigenvalue weighted by atomic mass is 9.87. The van der Waals surface area contributed by atoms with Crippen LogP contribution in [0.4, 0.5) is 11.4 Å². The van der Waals surface area contributed by atoms with E-state index in [9.17, 15) is 14.4 Å². The third-order valence-electron chi connectivity index (χ3n) is 5.35. The van der Waals surface area contributed by atoms with E-state index >= 15 is 0 Å². The fourth-order valence-electron chi connectivity index (χ4n) is 3.40. The lowest BCUT2D eigenvalue weighted by molar-refractivity contribution is 0.102. The molecule has 0 aliphatic heterocycles. The Morgan fingerprint density at radius 1 is 0.900 bits per heavy atom. The molecular formula is C23H28N4O3. The molecular weight excluding hydrogens is 380 g/mol. The fourth-order valence-corrected chi connectivity index (χ4v) is 3.40. The van der Waals surface area contributed by atoms with Gasteiger partial charge in [-0.3, -0.25) is 14.4 Å². The standard InChI is InChI=1S/C23H28N4O3/c1-23(2,3)15-10-8-14(9-11-15)20(28)24-16-12-18-19(13-17(16)25(4)5)27(7)22(30)21(29)26(18)6/h8-13H,1-7H3,(H,24,28). The Morgan fingerprint density at radius 3 is 1.87 bits per heavy atom. The highest BCUT2D eigenvalue weighted by atomic mass is 16.2. The summed E-state index contributed by atoms with van der Waals surface area (Å²) in [4.78, 5) is 39.2. The first-order chi connectivity index (χ1) is 13.9. The second-order valence-corrected chi connectivity index (χ2v) is 8.76. The zero-order valence-electron chi connectivity index (χ0n) is 18.5. The summed E-state index contributed by atoms with van der Waals surface area (Å²) in [5, 5.41) is 2.96. The quantitative estimate of drug-likeness (QED) is 0.676. The highest BCUT2D eigenvalue weighted by Gasteiger charge is 2.17. The molecule has 0 saturated heterocycles. The molecule has 0 spiro atoms. The molecule has 0 fully saturated rings. The maximum Gasteiger partial charge on any atom is 0.316 e. The molecule has 0 radical (unpaired) electrons. The van der Waals surface area contributed by atoms with Crippen molar-refractivity contribution in [2.24, 2.45) is 14.1 Å². The minimum absolute atomic E-state index is 0.00613. The number of amides is 1. The Balaban J connectivity index is 2.09. The van der Waals surface area contributed by atoms with Crippen LogP contribution < -0.4 is 21.3 Å². The Hall–Kier alpha value is -3.35. The number of fused-ring (bicyclic) bond motifs is 1. The largest absolute Gasteiger partial charge is 0.376 e. The molecule has 7 nitrogen and oxygen atoms in total. The number of carbonyl (C=O) groups is 1. The van der Waals surface area contributed by atoms with E-state index in [4.69, 9.17) is 0 Å². The van der Waals surface area contributed by atoms with Gasteiger partial charge in [-0.1, -0.05) is 32.9 Å². The number of aromatic nitrogens is 2. The minimum Gasteiger partial charge on any atom is -0.376 e. The number of nitrogens with zero attached hydrogens (tertiary/aromatic N) is 3. The molecule has 0 unspecified atom stereocenters.